The van der Waals surface area contributed by atoms with Gasteiger partial charge in [0.2, 0.25) is 4.91 Å². The molecule has 3 nitrogen and oxygen atoms in total. The molecule has 0 saturated carbocycles. The van der Waals surface area contributed by atoms with Gasteiger partial charge in [-0.2, -0.15) is 0 Å². The zero-order chi connectivity index (χ0) is 13.1. The second-order valence-electron chi connectivity index (χ2n) is 4.89. The van der Waals surface area contributed by atoms with Crippen molar-refractivity contribution in [2.24, 2.45) is 5.16 Å². The lowest BCUT2D eigenvalue weighted by Crippen LogP contribution is -2.41. The van der Waals surface area contributed by atoms with E-state index in [0.29, 0.717) is 0 Å². The predicted molar refractivity (Wildman–Crippen MR) is 81.7 cm³/mol. The van der Waals surface area contributed by atoms with Crippen LogP contribution in [0.25, 0.3) is 4.91 Å². The highest BCUT2D eigenvalue weighted by atomic mass is 32.2. The molecule has 100 valence electrons. The second-order valence-corrected chi connectivity index (χ2v) is 6.71. The van der Waals surface area contributed by atoms with E-state index in [-0.39, 0.29) is 10.9 Å². The maximum atomic E-state index is 5.36. The summed E-state index contributed by atoms with van der Waals surface area (Å²) in [6.07, 6.45) is 7.91. The predicted octanol–water partition coefficient (Wildman–Crippen LogP) is 3.02. The summed E-state index contributed by atoms with van der Waals surface area (Å²) in [4.78, 5) is 9.00. The van der Waals surface area contributed by atoms with Crippen LogP contribution >= 0.6 is 0 Å². The zero-order valence-electron chi connectivity index (χ0n) is 11.2. The smallest absolute Gasteiger partial charge is 0.354 e. The molecule has 1 atom stereocenters. The van der Waals surface area contributed by atoms with Crippen LogP contribution in [0.3, 0.4) is 0 Å². The van der Waals surface area contributed by atoms with Crippen molar-refractivity contribution in [2.75, 3.05) is 19.3 Å². The lowest BCUT2D eigenvalue weighted by Gasteiger charge is -2.27. The van der Waals surface area contributed by atoms with E-state index in [2.05, 4.69) is 40.6 Å². The van der Waals surface area contributed by atoms with Crippen LogP contribution in [0.1, 0.15) is 24.8 Å². The molecule has 0 radical (unpaired) electrons. The Morgan fingerprint density at radius 3 is 2.58 bits per heavy atom. The zero-order valence-corrected chi connectivity index (χ0v) is 12.0. The van der Waals surface area contributed by atoms with Crippen LogP contribution in [-0.2, 0) is 15.7 Å². The molecule has 0 N–H and O–H groups in total. The van der Waals surface area contributed by atoms with Crippen molar-refractivity contribution in [3.63, 3.8) is 0 Å². The topological polar surface area (TPSA) is 24.8 Å². The number of oxime groups is 1. The maximum absolute atomic E-state index is 5.36. The van der Waals surface area contributed by atoms with E-state index in [1.165, 1.54) is 29.7 Å². The number of nitrogens with zero attached hydrogens (tertiary/aromatic N) is 2. The number of likely N-dealkylation sites (tertiary alicyclic amines) is 1. The molecule has 2 aliphatic rings. The van der Waals surface area contributed by atoms with Gasteiger partial charge < -0.3 is 9.74 Å². The Balaban J connectivity index is 1.80. The molecule has 3 rings (SSSR count). The molecule has 0 spiro atoms. The summed E-state index contributed by atoms with van der Waals surface area (Å²) in [6.45, 7) is 2.23. The van der Waals surface area contributed by atoms with Crippen LogP contribution in [0.15, 0.2) is 41.7 Å². The molecule has 1 aromatic carbocycles. The van der Waals surface area contributed by atoms with Crippen LogP contribution in [0.4, 0.5) is 0 Å². The monoisotopic (exact) mass is 275 g/mol. The van der Waals surface area contributed by atoms with Crippen molar-refractivity contribution in [2.45, 2.75) is 19.3 Å². The van der Waals surface area contributed by atoms with Gasteiger partial charge in [-0.05, 0) is 36.6 Å². The Labute approximate surface area is 117 Å². The maximum Gasteiger partial charge on any atom is 0.360 e. The number of amidine groups is 1. The highest BCUT2D eigenvalue weighted by Gasteiger charge is 2.37. The third kappa shape index (κ3) is 2.63. The summed E-state index contributed by atoms with van der Waals surface area (Å²) in [7, 11) is -0.00227. The van der Waals surface area contributed by atoms with E-state index in [1.807, 2.05) is 6.07 Å². The fourth-order valence-corrected chi connectivity index (χ4v) is 4.13. The molecule has 1 aromatic rings. The molecule has 2 aliphatic heterocycles. The van der Waals surface area contributed by atoms with Gasteiger partial charge in [-0.25, -0.2) is 0 Å². The van der Waals surface area contributed by atoms with Gasteiger partial charge in [-0.1, -0.05) is 18.2 Å². The van der Waals surface area contributed by atoms with E-state index in [0.717, 1.165) is 18.3 Å². The van der Waals surface area contributed by atoms with Gasteiger partial charge in [0.05, 0.1) is 0 Å². The standard InChI is InChI=1S/C15H19N2OS/c1-19-14(13-8-4-2-5-9-13)12-18-16-15(19)17-10-6-3-7-11-17/h2,4-5,8-9,12H,3,6-7,10-11H2,1H3/q+1. The molecular formula is C15H19N2OS+. The second kappa shape index (κ2) is 5.70. The number of hydrogen-bond donors (Lipinski definition) is 0. The lowest BCUT2D eigenvalue weighted by molar-refractivity contribution is 0.253. The molecular weight excluding hydrogens is 256 g/mol. The number of benzene rings is 1. The van der Waals surface area contributed by atoms with E-state index in [9.17, 15) is 0 Å². The highest BCUT2D eigenvalue weighted by molar-refractivity contribution is 8.18. The van der Waals surface area contributed by atoms with Crippen LogP contribution < -0.4 is 0 Å². The first-order chi connectivity index (χ1) is 9.36. The SMILES string of the molecule is C[S+]1C(c2ccccc2)=CON=C1N1CCCCC1. The first-order valence-electron chi connectivity index (χ1n) is 6.76. The van der Waals surface area contributed by atoms with E-state index in [4.69, 9.17) is 4.84 Å². The van der Waals surface area contributed by atoms with Gasteiger partial charge in [0.1, 0.15) is 17.2 Å². The molecule has 2 heterocycles. The van der Waals surface area contributed by atoms with Gasteiger partial charge >= 0.3 is 5.17 Å². The van der Waals surface area contributed by atoms with Crippen LogP contribution in [0.5, 0.6) is 0 Å². The largest absolute Gasteiger partial charge is 0.360 e. The van der Waals surface area contributed by atoms with Gasteiger partial charge in [0.25, 0.3) is 0 Å². The number of hydrogen-bond acceptors (Lipinski definition) is 3. The van der Waals surface area contributed by atoms with Crippen molar-refractivity contribution in [1.82, 2.24) is 4.90 Å². The molecule has 0 amide bonds. The molecule has 0 aromatic heterocycles. The normalized spacial score (nSPS) is 23.4. The molecule has 1 fully saturated rings. The molecule has 4 heteroatoms. The molecule has 1 saturated heterocycles. The number of piperidine rings is 1. The third-order valence-electron chi connectivity index (χ3n) is 3.58. The van der Waals surface area contributed by atoms with Crippen molar-refractivity contribution >= 4 is 21.0 Å². The van der Waals surface area contributed by atoms with Crippen LogP contribution in [0, 0.1) is 0 Å². The average molecular weight is 275 g/mol. The Morgan fingerprint density at radius 1 is 1.11 bits per heavy atom. The number of rotatable bonds is 1. The summed E-state index contributed by atoms with van der Waals surface area (Å²) < 4.78 is 0. The summed E-state index contributed by atoms with van der Waals surface area (Å²) in [5.74, 6) is 0. The first kappa shape index (κ1) is 12.6. The van der Waals surface area contributed by atoms with Gasteiger partial charge in [0, 0.05) is 18.7 Å². The first-order valence-corrected chi connectivity index (χ1v) is 8.40. The van der Waals surface area contributed by atoms with Crippen molar-refractivity contribution in [3.05, 3.63) is 42.2 Å². The van der Waals surface area contributed by atoms with Crippen molar-refractivity contribution in [3.8, 4) is 0 Å². The minimum atomic E-state index is -0.00227. The lowest BCUT2D eigenvalue weighted by atomic mass is 10.1. The Kier molecular flexibility index (Phi) is 3.78. The molecule has 0 aliphatic carbocycles. The highest BCUT2D eigenvalue weighted by Crippen LogP contribution is 2.28. The quantitative estimate of drug-likeness (QED) is 0.736. The summed E-state index contributed by atoms with van der Waals surface area (Å²) >= 11 is 0. The summed E-state index contributed by atoms with van der Waals surface area (Å²) in [6, 6.07) is 10.5. The molecule has 19 heavy (non-hydrogen) atoms. The van der Waals surface area contributed by atoms with Crippen molar-refractivity contribution in [1.29, 1.82) is 0 Å². The van der Waals surface area contributed by atoms with Crippen molar-refractivity contribution < 1.29 is 4.84 Å². The summed E-state index contributed by atoms with van der Waals surface area (Å²) in [5.41, 5.74) is 1.23. The van der Waals surface area contributed by atoms with Gasteiger partial charge in [-0.3, -0.25) is 0 Å². The minimum Gasteiger partial charge on any atom is -0.354 e. The molecule has 0 bridgehead atoms. The Morgan fingerprint density at radius 2 is 1.84 bits per heavy atom. The van der Waals surface area contributed by atoms with E-state index >= 15 is 0 Å². The minimum absolute atomic E-state index is 0.00227. The fourth-order valence-electron chi connectivity index (χ4n) is 2.53. The average Bonchev–Trinajstić information content (AvgIpc) is 2.49. The fraction of sp³-hybridized carbons (Fsp3) is 0.400. The third-order valence-corrected chi connectivity index (χ3v) is 5.45. The van der Waals surface area contributed by atoms with Crippen LogP contribution in [0.2, 0.25) is 0 Å². The van der Waals surface area contributed by atoms with Gasteiger partial charge in [0.15, 0.2) is 6.26 Å². The van der Waals surface area contributed by atoms with Crippen LogP contribution in [-0.4, -0.2) is 29.4 Å². The Hall–Kier alpha value is -1.42. The summed E-state index contributed by atoms with van der Waals surface area (Å²) in [5, 5.41) is 5.40. The van der Waals surface area contributed by atoms with E-state index < -0.39 is 0 Å². The Bertz CT molecular complexity index is 492. The molecule has 1 unspecified atom stereocenters. The van der Waals surface area contributed by atoms with Gasteiger partial charge in [-0.15, -0.1) is 0 Å². The van der Waals surface area contributed by atoms with E-state index in [1.54, 1.807) is 6.26 Å².